The molecule has 0 saturated carbocycles. The number of piperazine rings is 1. The molecule has 1 saturated heterocycles. The lowest BCUT2D eigenvalue weighted by Crippen LogP contribution is -2.51. The van der Waals surface area contributed by atoms with Crippen molar-refractivity contribution in [2.45, 2.75) is 26.4 Å². The Bertz CT molecular complexity index is 750. The van der Waals surface area contributed by atoms with E-state index < -0.39 is 5.60 Å². The molecule has 0 radical (unpaired) electrons. The highest BCUT2D eigenvalue weighted by atomic mass is 35.5. The molecule has 0 aromatic heterocycles. The van der Waals surface area contributed by atoms with Gasteiger partial charge in [-0.25, -0.2) is 4.79 Å². The van der Waals surface area contributed by atoms with Crippen molar-refractivity contribution < 1.29 is 23.8 Å². The van der Waals surface area contributed by atoms with Crippen molar-refractivity contribution >= 4 is 29.7 Å². The first-order valence-corrected chi connectivity index (χ1v) is 9.39. The van der Waals surface area contributed by atoms with Gasteiger partial charge in [-0.2, -0.15) is 0 Å². The van der Waals surface area contributed by atoms with E-state index in [4.69, 9.17) is 25.8 Å². The lowest BCUT2D eigenvalue weighted by atomic mass is 10.1. The van der Waals surface area contributed by atoms with Gasteiger partial charge in [0.25, 0.3) is 0 Å². The normalized spacial score (nSPS) is 14.9. The van der Waals surface area contributed by atoms with Crippen LogP contribution in [0.3, 0.4) is 0 Å². The van der Waals surface area contributed by atoms with E-state index in [1.54, 1.807) is 28.0 Å². The van der Waals surface area contributed by atoms with E-state index in [2.05, 4.69) is 0 Å². The summed E-state index contributed by atoms with van der Waals surface area (Å²) in [5.74, 6) is 0.814. The molecule has 0 atom stereocenters. The minimum absolute atomic E-state index is 0.130. The van der Waals surface area contributed by atoms with Crippen molar-refractivity contribution in [2.75, 3.05) is 40.4 Å². The van der Waals surface area contributed by atoms with Crippen molar-refractivity contribution in [3.05, 3.63) is 28.8 Å². The molecule has 1 fully saturated rings. The zero-order valence-electron chi connectivity index (χ0n) is 17.0. The first-order valence-electron chi connectivity index (χ1n) is 9.01. The van der Waals surface area contributed by atoms with Crippen LogP contribution in [0.25, 0.3) is 6.08 Å². The number of rotatable bonds is 4. The van der Waals surface area contributed by atoms with Crippen molar-refractivity contribution in [3.63, 3.8) is 0 Å². The lowest BCUT2D eigenvalue weighted by molar-refractivity contribution is -0.127. The Balaban J connectivity index is 1.96. The molecule has 28 heavy (non-hydrogen) atoms. The molecule has 1 heterocycles. The SMILES string of the molecule is COc1cc(/C=C/C(=O)N2CCN(C(=O)OC(C)(C)C)CC2)cc(Cl)c1OC. The Morgan fingerprint density at radius 2 is 1.64 bits per heavy atom. The van der Waals surface area contributed by atoms with Crippen LogP contribution >= 0.6 is 11.6 Å². The largest absolute Gasteiger partial charge is 0.493 e. The van der Waals surface area contributed by atoms with Crippen LogP contribution in [0, 0.1) is 0 Å². The van der Waals surface area contributed by atoms with Crippen LogP contribution in [0.4, 0.5) is 4.79 Å². The van der Waals surface area contributed by atoms with Crippen molar-refractivity contribution in [3.8, 4) is 11.5 Å². The zero-order valence-corrected chi connectivity index (χ0v) is 17.7. The number of nitrogens with zero attached hydrogens (tertiary/aromatic N) is 2. The molecule has 8 heteroatoms. The Kier molecular flexibility index (Phi) is 7.18. The second kappa shape index (κ2) is 9.19. The maximum absolute atomic E-state index is 12.5. The number of carbonyl (C=O) groups is 2. The molecule has 7 nitrogen and oxygen atoms in total. The summed E-state index contributed by atoms with van der Waals surface area (Å²) < 4.78 is 15.8. The molecular weight excluding hydrogens is 384 g/mol. The fraction of sp³-hybridized carbons (Fsp3) is 0.500. The van der Waals surface area contributed by atoms with Gasteiger partial charge in [-0.15, -0.1) is 0 Å². The molecule has 0 aliphatic carbocycles. The zero-order chi connectivity index (χ0) is 20.9. The molecular formula is C20H27ClN2O5. The van der Waals surface area contributed by atoms with Crippen LogP contribution in [0.15, 0.2) is 18.2 Å². The van der Waals surface area contributed by atoms with Crippen LogP contribution < -0.4 is 9.47 Å². The highest BCUT2D eigenvalue weighted by Gasteiger charge is 2.27. The van der Waals surface area contributed by atoms with Crippen molar-refractivity contribution in [1.82, 2.24) is 9.80 Å². The van der Waals surface area contributed by atoms with E-state index >= 15 is 0 Å². The molecule has 0 unspecified atom stereocenters. The fourth-order valence-electron chi connectivity index (χ4n) is 2.74. The number of hydrogen-bond acceptors (Lipinski definition) is 5. The number of halogens is 1. The Morgan fingerprint density at radius 1 is 1.04 bits per heavy atom. The summed E-state index contributed by atoms with van der Waals surface area (Å²) in [5.41, 5.74) is 0.191. The maximum atomic E-state index is 12.5. The third kappa shape index (κ3) is 5.79. The van der Waals surface area contributed by atoms with Gasteiger partial charge >= 0.3 is 6.09 Å². The van der Waals surface area contributed by atoms with E-state index in [-0.39, 0.29) is 12.0 Å². The first kappa shape index (κ1) is 21.9. The minimum Gasteiger partial charge on any atom is -0.493 e. The molecule has 154 valence electrons. The van der Waals surface area contributed by atoms with Gasteiger partial charge in [-0.1, -0.05) is 11.6 Å². The van der Waals surface area contributed by atoms with E-state index in [1.165, 1.54) is 20.3 Å². The van der Waals surface area contributed by atoms with Crippen LogP contribution in [0.5, 0.6) is 11.5 Å². The second-order valence-corrected chi connectivity index (χ2v) is 7.77. The molecule has 0 bridgehead atoms. The number of ether oxygens (including phenoxy) is 3. The summed E-state index contributed by atoms with van der Waals surface area (Å²) in [6, 6.07) is 3.45. The van der Waals surface area contributed by atoms with Gasteiger partial charge in [0.1, 0.15) is 5.60 Å². The van der Waals surface area contributed by atoms with Gasteiger partial charge in [0, 0.05) is 32.3 Å². The molecule has 0 N–H and O–H groups in total. The third-order valence-electron chi connectivity index (χ3n) is 4.12. The van der Waals surface area contributed by atoms with Gasteiger partial charge in [0.2, 0.25) is 5.91 Å². The molecule has 1 aromatic rings. The molecule has 2 rings (SSSR count). The van der Waals surface area contributed by atoms with Gasteiger partial charge in [-0.05, 0) is 44.5 Å². The standard InChI is InChI=1S/C20H27ClN2O5/c1-20(2,3)28-19(25)23-10-8-22(9-11-23)17(24)7-6-14-12-15(21)18(27-5)16(13-14)26-4/h6-7,12-13H,8-11H2,1-5H3/b7-6+. The molecule has 2 amide bonds. The highest BCUT2D eigenvalue weighted by molar-refractivity contribution is 6.32. The average molecular weight is 411 g/mol. The summed E-state index contributed by atoms with van der Waals surface area (Å²) in [6.45, 7) is 7.28. The Hall–Kier alpha value is -2.41. The van der Waals surface area contributed by atoms with Crippen molar-refractivity contribution in [1.29, 1.82) is 0 Å². The molecule has 0 spiro atoms. The quantitative estimate of drug-likeness (QED) is 0.711. The molecule has 1 aliphatic heterocycles. The summed E-state index contributed by atoms with van der Waals surface area (Å²) in [5, 5.41) is 0.403. The summed E-state index contributed by atoms with van der Waals surface area (Å²) >= 11 is 6.19. The van der Waals surface area contributed by atoms with Crippen LogP contribution in [0.2, 0.25) is 5.02 Å². The number of methoxy groups -OCH3 is 2. The number of benzene rings is 1. The predicted molar refractivity (Wildman–Crippen MR) is 108 cm³/mol. The number of amides is 2. The van der Waals surface area contributed by atoms with Gasteiger partial charge in [0.15, 0.2) is 11.5 Å². The lowest BCUT2D eigenvalue weighted by Gasteiger charge is -2.35. The van der Waals surface area contributed by atoms with E-state index in [1.807, 2.05) is 20.8 Å². The molecule has 1 aliphatic rings. The van der Waals surface area contributed by atoms with Crippen molar-refractivity contribution in [2.24, 2.45) is 0 Å². The van der Waals surface area contributed by atoms with E-state index in [9.17, 15) is 9.59 Å². The topological polar surface area (TPSA) is 68.3 Å². The second-order valence-electron chi connectivity index (χ2n) is 7.36. The Labute approximate surface area is 170 Å². The smallest absolute Gasteiger partial charge is 0.410 e. The predicted octanol–water partition coefficient (Wildman–Crippen LogP) is 3.45. The molecule has 1 aromatic carbocycles. The van der Waals surface area contributed by atoms with E-state index in [0.29, 0.717) is 42.7 Å². The van der Waals surface area contributed by atoms with Gasteiger partial charge < -0.3 is 24.0 Å². The fourth-order valence-corrected chi connectivity index (χ4v) is 3.04. The van der Waals surface area contributed by atoms with Crippen LogP contribution in [-0.4, -0.2) is 67.8 Å². The first-order chi connectivity index (χ1) is 13.1. The average Bonchev–Trinajstić information content (AvgIpc) is 2.64. The van der Waals surface area contributed by atoms with E-state index in [0.717, 1.165) is 5.56 Å². The Morgan fingerprint density at radius 3 is 2.18 bits per heavy atom. The van der Waals surface area contributed by atoms with Crippen LogP contribution in [-0.2, 0) is 9.53 Å². The van der Waals surface area contributed by atoms with Gasteiger partial charge in [-0.3, -0.25) is 4.79 Å². The van der Waals surface area contributed by atoms with Gasteiger partial charge in [0.05, 0.1) is 19.2 Å². The highest BCUT2D eigenvalue weighted by Crippen LogP contribution is 2.36. The van der Waals surface area contributed by atoms with Crippen LogP contribution in [0.1, 0.15) is 26.3 Å². The monoisotopic (exact) mass is 410 g/mol. The summed E-state index contributed by atoms with van der Waals surface area (Å²) in [6.07, 6.45) is 2.81. The minimum atomic E-state index is -0.534. The third-order valence-corrected chi connectivity index (χ3v) is 4.40. The number of carbonyl (C=O) groups excluding carboxylic acids is 2. The summed E-state index contributed by atoms with van der Waals surface area (Å²) in [4.78, 5) is 27.9. The maximum Gasteiger partial charge on any atom is 0.410 e. The number of hydrogen-bond donors (Lipinski definition) is 0. The summed E-state index contributed by atoms with van der Waals surface area (Å²) in [7, 11) is 3.04.